The summed E-state index contributed by atoms with van der Waals surface area (Å²) in [4.78, 5) is 9.81. The number of carbonyl (C=O) groups excluding carboxylic acids is 1. The van der Waals surface area contributed by atoms with Crippen LogP contribution >= 0.6 is 24.8 Å². The van der Waals surface area contributed by atoms with Gasteiger partial charge in [-0.1, -0.05) is 0 Å². The van der Waals surface area contributed by atoms with E-state index in [0.717, 1.165) is 0 Å². The Morgan fingerprint density at radius 1 is 1.44 bits per heavy atom. The maximum Gasteiger partial charge on any atom is 0.312 e. The minimum atomic E-state index is -0.523. The third-order valence-corrected chi connectivity index (χ3v) is 0.444. The maximum absolute atomic E-state index is 9.81. The van der Waals surface area contributed by atoms with E-state index in [1.54, 1.807) is 0 Å². The first-order valence-corrected chi connectivity index (χ1v) is 2.00. The second-order valence-corrected chi connectivity index (χ2v) is 1.08. The van der Waals surface area contributed by atoms with Crippen molar-refractivity contribution >= 4 is 30.8 Å². The van der Waals surface area contributed by atoms with Gasteiger partial charge in [-0.05, 0) is 0 Å². The van der Waals surface area contributed by atoms with E-state index in [4.69, 9.17) is 5.73 Å². The van der Waals surface area contributed by atoms with E-state index in [1.807, 2.05) is 0 Å². The van der Waals surface area contributed by atoms with Crippen LogP contribution in [0.3, 0.4) is 0 Å². The summed E-state index contributed by atoms with van der Waals surface area (Å²) in [5, 5.41) is 2.31. The summed E-state index contributed by atoms with van der Waals surface area (Å²) in [6.07, 6.45) is 0. The monoisotopic (exact) mass is 175 g/mol. The van der Waals surface area contributed by atoms with Crippen LogP contribution in [0, 0.1) is 0 Å². The molecular formula is C3H11Cl2N3O. The summed E-state index contributed by atoms with van der Waals surface area (Å²) in [7, 11) is 0. The van der Waals surface area contributed by atoms with Crippen molar-refractivity contribution in [2.75, 3.05) is 13.1 Å². The van der Waals surface area contributed by atoms with Gasteiger partial charge in [-0.3, -0.25) is 0 Å². The Morgan fingerprint density at radius 3 is 2.00 bits per heavy atom. The molecule has 0 bridgehead atoms. The molecule has 2 amide bonds. The van der Waals surface area contributed by atoms with E-state index in [0.29, 0.717) is 13.1 Å². The molecule has 0 aliphatic carbocycles. The molecule has 0 aromatic heterocycles. The Kier molecular flexibility index (Phi) is 19.0. The topological polar surface area (TPSA) is 81.1 Å². The van der Waals surface area contributed by atoms with Crippen molar-refractivity contribution in [2.45, 2.75) is 0 Å². The van der Waals surface area contributed by atoms with Gasteiger partial charge >= 0.3 is 6.03 Å². The van der Waals surface area contributed by atoms with Gasteiger partial charge in [0.2, 0.25) is 0 Å². The van der Waals surface area contributed by atoms with Crippen LogP contribution in [0.25, 0.3) is 0 Å². The van der Waals surface area contributed by atoms with Crippen molar-refractivity contribution in [3.05, 3.63) is 0 Å². The fourth-order valence-corrected chi connectivity index (χ4v) is 0.195. The SMILES string of the molecule is Cl.Cl.NCCNC(N)=O. The molecule has 4 nitrogen and oxygen atoms in total. The van der Waals surface area contributed by atoms with Crippen LogP contribution in [0.4, 0.5) is 4.79 Å². The van der Waals surface area contributed by atoms with Crippen molar-refractivity contribution < 1.29 is 4.79 Å². The molecule has 5 N–H and O–H groups in total. The third kappa shape index (κ3) is 18.2. The molecule has 0 unspecified atom stereocenters. The molecule has 0 fully saturated rings. The van der Waals surface area contributed by atoms with Gasteiger partial charge in [0.1, 0.15) is 0 Å². The first-order valence-electron chi connectivity index (χ1n) is 2.00. The summed E-state index contributed by atoms with van der Waals surface area (Å²) in [5.74, 6) is 0. The van der Waals surface area contributed by atoms with Gasteiger partial charge in [0.25, 0.3) is 0 Å². The van der Waals surface area contributed by atoms with E-state index in [9.17, 15) is 4.79 Å². The van der Waals surface area contributed by atoms with Crippen molar-refractivity contribution in [2.24, 2.45) is 11.5 Å². The number of urea groups is 1. The molecule has 0 aliphatic heterocycles. The quantitative estimate of drug-likeness (QED) is 0.527. The zero-order valence-electron chi connectivity index (χ0n) is 4.79. The smallest absolute Gasteiger partial charge is 0.312 e. The van der Waals surface area contributed by atoms with Crippen molar-refractivity contribution in [1.29, 1.82) is 0 Å². The lowest BCUT2D eigenvalue weighted by Gasteiger charge is -1.93. The average Bonchev–Trinajstić information content (AvgIpc) is 1.61. The van der Waals surface area contributed by atoms with Gasteiger partial charge in [0.15, 0.2) is 0 Å². The average molecular weight is 176 g/mol. The lowest BCUT2D eigenvalue weighted by Crippen LogP contribution is -2.33. The highest BCUT2D eigenvalue weighted by Gasteiger charge is 1.83. The Hall–Kier alpha value is -0.190. The molecule has 9 heavy (non-hydrogen) atoms. The van der Waals surface area contributed by atoms with E-state index >= 15 is 0 Å². The standard InChI is InChI=1S/C3H9N3O.2ClH/c4-1-2-6-3(5)7;;/h1-2,4H2,(H3,5,6,7);2*1H. The normalized spacial score (nSPS) is 6.33. The van der Waals surface area contributed by atoms with Gasteiger partial charge < -0.3 is 16.8 Å². The molecule has 0 radical (unpaired) electrons. The molecule has 0 rings (SSSR count). The van der Waals surface area contributed by atoms with E-state index in [-0.39, 0.29) is 24.8 Å². The number of halogens is 2. The lowest BCUT2D eigenvalue weighted by atomic mass is 10.6. The molecule has 0 aromatic carbocycles. The summed E-state index contributed by atoms with van der Waals surface area (Å²) >= 11 is 0. The van der Waals surface area contributed by atoms with Crippen LogP contribution in [0.15, 0.2) is 0 Å². The highest BCUT2D eigenvalue weighted by atomic mass is 35.5. The number of carbonyl (C=O) groups is 1. The van der Waals surface area contributed by atoms with Gasteiger partial charge in [0, 0.05) is 13.1 Å². The van der Waals surface area contributed by atoms with Gasteiger partial charge in [0.05, 0.1) is 0 Å². The number of primary amides is 1. The van der Waals surface area contributed by atoms with E-state index in [2.05, 4.69) is 11.1 Å². The number of nitrogens with two attached hydrogens (primary N) is 2. The number of hydrogen-bond acceptors (Lipinski definition) is 2. The Bertz CT molecular complexity index is 70.1. The molecule has 0 aliphatic rings. The zero-order valence-corrected chi connectivity index (χ0v) is 6.43. The predicted octanol–water partition coefficient (Wildman–Crippen LogP) is -0.543. The zero-order chi connectivity index (χ0) is 5.70. The van der Waals surface area contributed by atoms with Crippen LogP contribution in [0.5, 0.6) is 0 Å². The lowest BCUT2D eigenvalue weighted by molar-refractivity contribution is 0.249. The largest absolute Gasteiger partial charge is 0.352 e. The second kappa shape index (κ2) is 10.7. The first-order chi connectivity index (χ1) is 3.27. The Labute approximate surface area is 66.2 Å². The van der Waals surface area contributed by atoms with Crippen molar-refractivity contribution in [3.63, 3.8) is 0 Å². The predicted molar refractivity (Wildman–Crippen MR) is 41.1 cm³/mol. The molecule has 58 valence electrons. The molecule has 0 spiro atoms. The summed E-state index contributed by atoms with van der Waals surface area (Å²) in [5.41, 5.74) is 9.68. The van der Waals surface area contributed by atoms with Crippen LogP contribution < -0.4 is 16.8 Å². The second-order valence-electron chi connectivity index (χ2n) is 1.08. The Balaban J connectivity index is -0.000000180. The van der Waals surface area contributed by atoms with Crippen molar-refractivity contribution in [3.8, 4) is 0 Å². The molecule has 0 saturated carbocycles. The molecular weight excluding hydrogens is 165 g/mol. The number of hydrogen-bond donors (Lipinski definition) is 3. The maximum atomic E-state index is 9.81. The summed E-state index contributed by atoms with van der Waals surface area (Å²) < 4.78 is 0. The van der Waals surface area contributed by atoms with Crippen LogP contribution in [-0.2, 0) is 0 Å². The minimum Gasteiger partial charge on any atom is -0.352 e. The highest BCUT2D eigenvalue weighted by Crippen LogP contribution is 1.50. The van der Waals surface area contributed by atoms with Crippen LogP contribution in [0.2, 0.25) is 0 Å². The van der Waals surface area contributed by atoms with Crippen molar-refractivity contribution in [1.82, 2.24) is 5.32 Å². The molecule has 0 saturated heterocycles. The fourth-order valence-electron chi connectivity index (χ4n) is 0.195. The number of rotatable bonds is 2. The Morgan fingerprint density at radius 2 is 1.89 bits per heavy atom. The molecule has 0 aromatic rings. The first kappa shape index (κ1) is 15.9. The summed E-state index contributed by atoms with van der Waals surface area (Å²) in [6.45, 7) is 0.887. The van der Waals surface area contributed by atoms with Gasteiger partial charge in [-0.2, -0.15) is 0 Å². The summed E-state index contributed by atoms with van der Waals surface area (Å²) in [6, 6.07) is -0.523. The molecule has 6 heteroatoms. The highest BCUT2D eigenvalue weighted by molar-refractivity contribution is 5.85. The van der Waals surface area contributed by atoms with Gasteiger partial charge in [-0.15, -0.1) is 24.8 Å². The van der Waals surface area contributed by atoms with Gasteiger partial charge in [-0.25, -0.2) is 4.79 Å². The van der Waals surface area contributed by atoms with Crippen LogP contribution in [0.1, 0.15) is 0 Å². The molecule has 0 heterocycles. The van der Waals surface area contributed by atoms with Crippen LogP contribution in [-0.4, -0.2) is 19.1 Å². The number of amides is 2. The minimum absolute atomic E-state index is 0. The molecule has 0 atom stereocenters. The number of nitrogens with one attached hydrogen (secondary N) is 1. The van der Waals surface area contributed by atoms with E-state index in [1.165, 1.54) is 0 Å². The van der Waals surface area contributed by atoms with E-state index < -0.39 is 6.03 Å². The third-order valence-electron chi connectivity index (χ3n) is 0.444. The fraction of sp³-hybridized carbons (Fsp3) is 0.667.